The van der Waals surface area contributed by atoms with Gasteiger partial charge >= 0.3 is 15.6 Å². The number of carbonyl (C=O) groups is 1. The fourth-order valence-electron chi connectivity index (χ4n) is 4.88. The molecule has 43 heavy (non-hydrogen) atoms. The molecule has 10 N–H and O–H groups in total. The molecule has 234 valence electrons. The highest BCUT2D eigenvalue weighted by Gasteiger charge is 2.52. The molecule has 0 radical (unpaired) electrons. The number of ether oxygens (including phenoxy) is 1. The first-order chi connectivity index (χ1) is 20.2. The molecule has 1 aliphatic carbocycles. The van der Waals surface area contributed by atoms with E-state index in [2.05, 4.69) is 19.3 Å². The molecule has 5 rings (SSSR count). The van der Waals surface area contributed by atoms with Gasteiger partial charge in [0, 0.05) is 12.5 Å². The number of carbonyl (C=O) groups excluding carboxylic acids is 1. The molecule has 2 aliphatic rings. The maximum atomic E-state index is 12.6. The molecule has 0 aromatic carbocycles. The van der Waals surface area contributed by atoms with Crippen LogP contribution in [0, 0.1) is 0 Å². The van der Waals surface area contributed by atoms with E-state index in [1.54, 1.807) is 0 Å². The van der Waals surface area contributed by atoms with Crippen molar-refractivity contribution >= 4 is 38.5 Å². The molecule has 1 saturated carbocycles. The Morgan fingerprint density at radius 2 is 1.84 bits per heavy atom. The summed E-state index contributed by atoms with van der Waals surface area (Å²) in [7, 11) is -10.8. The Kier molecular flexibility index (Phi) is 8.67. The standard InChI is InChI=1S/C21H27N7O13P2/c22-18-13-20(25-7-24-18)28(8-26-13)21-17(32)16(31)12(39-21)6-38-42(34,35)41-43(36,37)40-11-4-10(14(29)15(11)30)27-3-1-2-9(5-27)19(23)33/h1-3,5,7-8,10-12,14-17,21,29-32H,4,6H2,(H5-,22,23,24,25,33,34,35,36,37)/p+1. The van der Waals surface area contributed by atoms with Crippen LogP contribution in [-0.4, -0.2) is 98.9 Å². The van der Waals surface area contributed by atoms with E-state index in [4.69, 9.17) is 25.3 Å². The molecule has 0 spiro atoms. The first-order valence-electron chi connectivity index (χ1n) is 12.5. The minimum atomic E-state index is -5.43. The van der Waals surface area contributed by atoms with Gasteiger partial charge in [0.2, 0.25) is 0 Å². The number of amides is 1. The lowest BCUT2D eigenvalue weighted by Crippen LogP contribution is -2.45. The van der Waals surface area contributed by atoms with Crippen molar-refractivity contribution in [2.45, 2.75) is 55.3 Å². The van der Waals surface area contributed by atoms with Gasteiger partial charge in [-0.1, -0.05) is 0 Å². The predicted molar refractivity (Wildman–Crippen MR) is 138 cm³/mol. The van der Waals surface area contributed by atoms with Crippen molar-refractivity contribution in [1.82, 2.24) is 19.5 Å². The number of pyridine rings is 1. The number of aliphatic hydroxyl groups is 4. The van der Waals surface area contributed by atoms with Crippen molar-refractivity contribution in [2.24, 2.45) is 5.73 Å². The number of phosphoric acid groups is 2. The number of hydrogen-bond acceptors (Lipinski definition) is 15. The molecule has 22 heteroatoms. The second-order valence-electron chi connectivity index (χ2n) is 9.78. The van der Waals surface area contributed by atoms with Gasteiger partial charge in [0.15, 0.2) is 36.1 Å². The van der Waals surface area contributed by atoms with Gasteiger partial charge in [-0.25, -0.2) is 24.1 Å². The predicted octanol–water partition coefficient (Wildman–Crippen LogP) is -2.60. The normalized spacial score (nSPS) is 32.0. The smallest absolute Gasteiger partial charge is 0.387 e. The van der Waals surface area contributed by atoms with Gasteiger partial charge in [-0.3, -0.25) is 18.4 Å². The van der Waals surface area contributed by atoms with E-state index in [1.165, 1.54) is 40.0 Å². The number of primary amides is 1. The highest BCUT2D eigenvalue weighted by molar-refractivity contribution is 7.61. The zero-order valence-corrected chi connectivity index (χ0v) is 23.6. The van der Waals surface area contributed by atoms with Crippen LogP contribution in [0.1, 0.15) is 29.0 Å². The van der Waals surface area contributed by atoms with Crippen LogP contribution in [0.3, 0.4) is 0 Å². The van der Waals surface area contributed by atoms with Crippen LogP contribution in [0.25, 0.3) is 11.2 Å². The second kappa shape index (κ2) is 11.8. The van der Waals surface area contributed by atoms with Crippen molar-refractivity contribution in [3.05, 3.63) is 42.7 Å². The molecule has 0 bridgehead atoms. The Morgan fingerprint density at radius 1 is 1.09 bits per heavy atom. The molecule has 1 saturated heterocycles. The van der Waals surface area contributed by atoms with Crippen LogP contribution < -0.4 is 16.0 Å². The fourth-order valence-corrected chi connectivity index (χ4v) is 7.15. The molecule has 3 aromatic heterocycles. The molecular weight excluding hydrogens is 620 g/mol. The second-order valence-corrected chi connectivity index (χ2v) is 12.8. The topological polar surface area (TPSA) is 309 Å². The van der Waals surface area contributed by atoms with Gasteiger partial charge in [0.25, 0.3) is 5.91 Å². The van der Waals surface area contributed by atoms with Crippen LogP contribution in [0.5, 0.6) is 0 Å². The summed E-state index contributed by atoms with van der Waals surface area (Å²) in [5.41, 5.74) is 11.5. The Labute approximate surface area is 241 Å². The summed E-state index contributed by atoms with van der Waals surface area (Å²) in [6.45, 7) is -0.897. The number of aliphatic hydroxyl groups excluding tert-OH is 4. The summed E-state index contributed by atoms with van der Waals surface area (Å²) < 4.78 is 47.2. The minimum Gasteiger partial charge on any atom is -0.387 e. The van der Waals surface area contributed by atoms with Gasteiger partial charge in [-0.05, 0) is 6.07 Å². The molecule has 3 aromatic rings. The largest absolute Gasteiger partial charge is 0.481 e. The highest BCUT2D eigenvalue weighted by Crippen LogP contribution is 2.62. The van der Waals surface area contributed by atoms with Crippen LogP contribution in [0.4, 0.5) is 5.82 Å². The van der Waals surface area contributed by atoms with Crippen LogP contribution in [0.15, 0.2) is 37.2 Å². The SMILES string of the molecule is NC(=O)c1ccc[n+](C2CC(OP(=O)(O)OP(=O)(O)OCC3OC(n4cnc5c(N)ncnc54)C(O)C3O)C(O)C2O)c1. The van der Waals surface area contributed by atoms with Gasteiger partial charge < -0.3 is 46.4 Å². The zero-order valence-electron chi connectivity index (χ0n) is 21.8. The lowest BCUT2D eigenvalue weighted by Gasteiger charge is -2.22. The number of rotatable bonds is 10. The third-order valence-electron chi connectivity index (χ3n) is 6.96. The van der Waals surface area contributed by atoms with Gasteiger partial charge in [0.05, 0.1) is 12.9 Å². The highest BCUT2D eigenvalue weighted by atomic mass is 31.3. The lowest BCUT2D eigenvalue weighted by atomic mass is 10.1. The van der Waals surface area contributed by atoms with Crippen LogP contribution in [0.2, 0.25) is 0 Å². The van der Waals surface area contributed by atoms with Crippen molar-refractivity contribution < 1.29 is 66.8 Å². The summed E-state index contributed by atoms with van der Waals surface area (Å²) in [5, 5.41) is 41.8. The summed E-state index contributed by atoms with van der Waals surface area (Å²) in [6, 6.07) is 1.94. The van der Waals surface area contributed by atoms with Crippen molar-refractivity contribution in [2.75, 3.05) is 12.3 Å². The maximum Gasteiger partial charge on any atom is 0.481 e. The number of nitrogens with zero attached hydrogens (tertiary/aromatic N) is 5. The van der Waals surface area contributed by atoms with E-state index >= 15 is 0 Å². The monoisotopic (exact) mass is 648 g/mol. The molecular formula is C21H28N7O13P2+. The Bertz CT molecular complexity index is 1610. The van der Waals surface area contributed by atoms with E-state index in [0.29, 0.717) is 0 Å². The van der Waals surface area contributed by atoms with E-state index in [1.807, 2.05) is 0 Å². The summed E-state index contributed by atoms with van der Waals surface area (Å²) >= 11 is 0. The average molecular weight is 648 g/mol. The number of nitrogens with two attached hydrogens (primary N) is 2. The molecule has 10 atom stereocenters. The number of nitrogen functional groups attached to an aromatic ring is 1. The molecule has 20 nitrogen and oxygen atoms in total. The third-order valence-corrected chi connectivity index (χ3v) is 9.63. The Hall–Kier alpha value is -2.97. The van der Waals surface area contributed by atoms with E-state index < -0.39 is 77.1 Å². The molecule has 4 heterocycles. The number of aromatic nitrogens is 5. The van der Waals surface area contributed by atoms with Gasteiger partial charge in [0.1, 0.15) is 54.0 Å². The summed E-state index contributed by atoms with van der Waals surface area (Å²) in [4.78, 5) is 43.6. The van der Waals surface area contributed by atoms with Crippen LogP contribution in [-0.2, 0) is 27.2 Å². The Morgan fingerprint density at radius 3 is 2.56 bits per heavy atom. The number of phosphoric ester groups is 2. The average Bonchev–Trinajstić information content (AvgIpc) is 3.58. The third kappa shape index (κ3) is 6.46. The minimum absolute atomic E-state index is 0.0527. The number of fused-ring (bicyclic) bond motifs is 1. The van der Waals surface area contributed by atoms with E-state index in [0.717, 1.165) is 6.33 Å². The van der Waals surface area contributed by atoms with Crippen molar-refractivity contribution in [1.29, 1.82) is 0 Å². The molecule has 10 unspecified atom stereocenters. The van der Waals surface area contributed by atoms with E-state index in [-0.39, 0.29) is 29.0 Å². The van der Waals surface area contributed by atoms with Crippen LogP contribution >= 0.6 is 15.6 Å². The summed E-state index contributed by atoms with van der Waals surface area (Å²) in [6.07, 6.45) is -5.92. The number of hydrogen-bond donors (Lipinski definition) is 8. The first-order valence-corrected chi connectivity index (χ1v) is 15.5. The fraction of sp³-hybridized carbons (Fsp3) is 0.476. The molecule has 1 amide bonds. The Balaban J connectivity index is 1.20. The molecule has 2 fully saturated rings. The lowest BCUT2D eigenvalue weighted by molar-refractivity contribution is -0.728. The number of anilines is 1. The van der Waals surface area contributed by atoms with Crippen molar-refractivity contribution in [3.8, 4) is 0 Å². The zero-order chi connectivity index (χ0) is 31.3. The van der Waals surface area contributed by atoms with Gasteiger partial charge in [-0.2, -0.15) is 8.88 Å². The maximum absolute atomic E-state index is 12.6. The summed E-state index contributed by atoms with van der Waals surface area (Å²) in [5.74, 6) is -0.699. The molecule has 1 aliphatic heterocycles. The van der Waals surface area contributed by atoms with Gasteiger partial charge in [-0.15, -0.1) is 0 Å². The van der Waals surface area contributed by atoms with Crippen molar-refractivity contribution in [3.63, 3.8) is 0 Å². The van der Waals surface area contributed by atoms with E-state index in [9.17, 15) is 44.1 Å². The first kappa shape index (κ1) is 31.5. The quantitative estimate of drug-likeness (QED) is 0.0825. The number of imidazole rings is 1.